The van der Waals surface area contributed by atoms with Crippen molar-refractivity contribution < 1.29 is 0 Å². The molecule has 3 nitrogen and oxygen atoms in total. The highest BCUT2D eigenvalue weighted by Gasteiger charge is 1.90. The summed E-state index contributed by atoms with van der Waals surface area (Å²) < 4.78 is 0. The van der Waals surface area contributed by atoms with E-state index in [1.165, 1.54) is 0 Å². The molecule has 0 saturated heterocycles. The van der Waals surface area contributed by atoms with Gasteiger partial charge in [0, 0.05) is 0 Å². The molecular formula is C8H7N3. The second kappa shape index (κ2) is 3.37. The highest BCUT2D eigenvalue weighted by Crippen LogP contribution is 2.04. The fraction of sp³-hybridized carbons (Fsp3) is 0. The molecule has 1 rings (SSSR count). The van der Waals surface area contributed by atoms with E-state index in [-0.39, 0.29) is 0 Å². The topological polar surface area (TPSA) is 48.7 Å². The third-order valence-electron chi connectivity index (χ3n) is 1.15. The van der Waals surface area contributed by atoms with Crippen molar-refractivity contribution in [3.63, 3.8) is 0 Å². The second-order valence-corrected chi connectivity index (χ2v) is 1.89. The minimum atomic E-state index is 0.416. The molecule has 1 heterocycles. The average Bonchev–Trinajstić information content (AvgIpc) is 2.07. The predicted octanol–water partition coefficient (Wildman–Crippen LogP) is 1.51. The first kappa shape index (κ1) is 7.29. The van der Waals surface area contributed by atoms with Gasteiger partial charge < -0.3 is 5.32 Å². The van der Waals surface area contributed by atoms with Crippen LogP contribution in [0.15, 0.2) is 31.1 Å². The normalized spacial score (nSPS) is 8.27. The molecule has 0 aliphatic rings. The van der Waals surface area contributed by atoms with Crippen molar-refractivity contribution in [3.8, 4) is 6.07 Å². The molecule has 0 amide bonds. The van der Waals surface area contributed by atoms with Crippen molar-refractivity contribution in [1.82, 2.24) is 4.98 Å². The van der Waals surface area contributed by atoms with E-state index in [0.717, 1.165) is 5.69 Å². The van der Waals surface area contributed by atoms with Crippen molar-refractivity contribution in [3.05, 3.63) is 36.8 Å². The third-order valence-corrected chi connectivity index (χ3v) is 1.15. The predicted molar refractivity (Wildman–Crippen MR) is 42.8 cm³/mol. The lowest BCUT2D eigenvalue weighted by Crippen LogP contribution is -1.88. The first-order valence-corrected chi connectivity index (χ1v) is 3.10. The van der Waals surface area contributed by atoms with Crippen LogP contribution in [0, 0.1) is 11.3 Å². The standard InChI is InChI=1S/C8H7N3/c1-2-10-8-4-3-7(5-9)11-6-8/h2-4,6,10H,1H2. The SMILES string of the molecule is C=CNc1ccc(C#N)nc1. The summed E-state index contributed by atoms with van der Waals surface area (Å²) in [6.07, 6.45) is 3.14. The van der Waals surface area contributed by atoms with E-state index in [9.17, 15) is 0 Å². The lowest BCUT2D eigenvalue weighted by atomic mass is 10.3. The van der Waals surface area contributed by atoms with E-state index in [1.54, 1.807) is 24.5 Å². The molecule has 1 N–H and O–H groups in total. The van der Waals surface area contributed by atoms with Crippen LogP contribution in [0.4, 0.5) is 5.69 Å². The maximum atomic E-state index is 8.41. The Labute approximate surface area is 65.0 Å². The smallest absolute Gasteiger partial charge is 0.140 e. The van der Waals surface area contributed by atoms with E-state index < -0.39 is 0 Å². The Hall–Kier alpha value is -1.82. The van der Waals surface area contributed by atoms with Crippen LogP contribution in [0.5, 0.6) is 0 Å². The van der Waals surface area contributed by atoms with Gasteiger partial charge in [-0.25, -0.2) is 4.98 Å². The van der Waals surface area contributed by atoms with Crippen LogP contribution >= 0.6 is 0 Å². The summed E-state index contributed by atoms with van der Waals surface area (Å²) in [5.41, 5.74) is 1.25. The van der Waals surface area contributed by atoms with Gasteiger partial charge in [0.25, 0.3) is 0 Å². The van der Waals surface area contributed by atoms with E-state index in [0.29, 0.717) is 5.69 Å². The zero-order valence-electron chi connectivity index (χ0n) is 5.91. The first-order valence-electron chi connectivity index (χ1n) is 3.10. The van der Waals surface area contributed by atoms with Gasteiger partial charge in [-0.1, -0.05) is 6.58 Å². The van der Waals surface area contributed by atoms with E-state index >= 15 is 0 Å². The molecule has 1 aromatic rings. The molecule has 0 fully saturated rings. The number of pyridine rings is 1. The quantitative estimate of drug-likeness (QED) is 0.686. The lowest BCUT2D eigenvalue weighted by Gasteiger charge is -1.96. The molecule has 0 spiro atoms. The van der Waals surface area contributed by atoms with Crippen molar-refractivity contribution in [2.24, 2.45) is 0 Å². The molecule has 54 valence electrons. The molecule has 0 atom stereocenters. The van der Waals surface area contributed by atoms with Gasteiger partial charge in [-0.05, 0) is 18.3 Å². The van der Waals surface area contributed by atoms with Gasteiger partial charge in [-0.3, -0.25) is 0 Å². The van der Waals surface area contributed by atoms with Crippen molar-refractivity contribution in [2.75, 3.05) is 5.32 Å². The summed E-state index contributed by atoms with van der Waals surface area (Å²) >= 11 is 0. The molecule has 0 aliphatic heterocycles. The van der Waals surface area contributed by atoms with Crippen molar-refractivity contribution in [2.45, 2.75) is 0 Å². The summed E-state index contributed by atoms with van der Waals surface area (Å²) in [7, 11) is 0. The Morgan fingerprint density at radius 1 is 1.64 bits per heavy atom. The molecular weight excluding hydrogens is 138 g/mol. The highest BCUT2D eigenvalue weighted by molar-refractivity contribution is 5.44. The third kappa shape index (κ3) is 1.80. The van der Waals surface area contributed by atoms with Gasteiger partial charge in [0.05, 0.1) is 11.9 Å². The Kier molecular flexibility index (Phi) is 2.24. The minimum Gasteiger partial charge on any atom is -0.361 e. The summed E-state index contributed by atoms with van der Waals surface area (Å²) in [5, 5.41) is 11.3. The van der Waals surface area contributed by atoms with Crippen molar-refractivity contribution >= 4 is 5.69 Å². The zero-order valence-corrected chi connectivity index (χ0v) is 5.91. The number of hydrogen-bond acceptors (Lipinski definition) is 3. The van der Waals surface area contributed by atoms with E-state index in [2.05, 4.69) is 16.9 Å². The zero-order chi connectivity index (χ0) is 8.10. The molecule has 0 bridgehead atoms. The molecule has 0 aromatic carbocycles. The Bertz CT molecular complexity index is 281. The number of aromatic nitrogens is 1. The van der Waals surface area contributed by atoms with Gasteiger partial charge in [0.15, 0.2) is 0 Å². The van der Waals surface area contributed by atoms with Gasteiger partial charge in [-0.15, -0.1) is 0 Å². The van der Waals surface area contributed by atoms with Crippen molar-refractivity contribution in [1.29, 1.82) is 5.26 Å². The molecule has 1 aromatic heterocycles. The number of nitrogens with zero attached hydrogens (tertiary/aromatic N) is 2. The molecule has 0 saturated carbocycles. The molecule has 11 heavy (non-hydrogen) atoms. The summed E-state index contributed by atoms with van der Waals surface area (Å²) in [6, 6.07) is 5.35. The Morgan fingerprint density at radius 3 is 2.91 bits per heavy atom. The fourth-order valence-electron chi connectivity index (χ4n) is 0.663. The number of rotatable bonds is 2. The monoisotopic (exact) mass is 145 g/mol. The van der Waals surface area contributed by atoms with Gasteiger partial charge >= 0.3 is 0 Å². The highest BCUT2D eigenvalue weighted by atomic mass is 14.9. The van der Waals surface area contributed by atoms with E-state index in [4.69, 9.17) is 5.26 Å². The lowest BCUT2D eigenvalue weighted by molar-refractivity contribution is 1.26. The Morgan fingerprint density at radius 2 is 2.45 bits per heavy atom. The maximum absolute atomic E-state index is 8.41. The van der Waals surface area contributed by atoms with Crippen LogP contribution in [0.1, 0.15) is 5.69 Å². The number of anilines is 1. The summed E-state index contributed by atoms with van der Waals surface area (Å²) in [5.74, 6) is 0. The largest absolute Gasteiger partial charge is 0.361 e. The van der Waals surface area contributed by atoms with Gasteiger partial charge in [-0.2, -0.15) is 5.26 Å². The van der Waals surface area contributed by atoms with Crippen LogP contribution in [-0.4, -0.2) is 4.98 Å². The van der Waals surface area contributed by atoms with Crippen LogP contribution in [0.2, 0.25) is 0 Å². The first-order chi connectivity index (χ1) is 5.36. The average molecular weight is 145 g/mol. The number of nitrogens with one attached hydrogen (secondary N) is 1. The van der Waals surface area contributed by atoms with Crippen LogP contribution in [0.25, 0.3) is 0 Å². The number of hydrogen-bond donors (Lipinski definition) is 1. The van der Waals surface area contributed by atoms with Gasteiger partial charge in [0.1, 0.15) is 11.8 Å². The summed E-state index contributed by atoms with van der Waals surface area (Å²) in [6.45, 7) is 3.49. The molecule has 0 radical (unpaired) electrons. The minimum absolute atomic E-state index is 0.416. The number of nitriles is 1. The fourth-order valence-corrected chi connectivity index (χ4v) is 0.663. The molecule has 0 aliphatic carbocycles. The summed E-state index contributed by atoms with van der Waals surface area (Å²) in [4.78, 5) is 3.84. The Balaban J connectivity index is 2.84. The second-order valence-electron chi connectivity index (χ2n) is 1.89. The molecule has 0 unspecified atom stereocenters. The van der Waals surface area contributed by atoms with Crippen LogP contribution in [-0.2, 0) is 0 Å². The maximum Gasteiger partial charge on any atom is 0.140 e. The van der Waals surface area contributed by atoms with Gasteiger partial charge in [0.2, 0.25) is 0 Å². The molecule has 3 heteroatoms. The van der Waals surface area contributed by atoms with Crippen LogP contribution < -0.4 is 5.32 Å². The van der Waals surface area contributed by atoms with E-state index in [1.807, 2.05) is 6.07 Å². The van der Waals surface area contributed by atoms with Crippen LogP contribution in [0.3, 0.4) is 0 Å².